The summed E-state index contributed by atoms with van der Waals surface area (Å²) in [4.78, 5) is 83.6. The van der Waals surface area contributed by atoms with Gasteiger partial charge in [-0.15, -0.1) is 0 Å². The Kier molecular flexibility index (Phi) is 24.6. The molecule has 22 nitrogen and oxygen atoms in total. The first kappa shape index (κ1) is 57.4. The number of carbonyl (C=O) groups is 6. The van der Waals surface area contributed by atoms with E-state index in [9.17, 15) is 79.8 Å². The van der Waals surface area contributed by atoms with Crippen molar-refractivity contribution in [3.8, 4) is 0 Å². The van der Waals surface area contributed by atoms with Crippen molar-refractivity contribution in [2.75, 3.05) is 76.5 Å². The molecule has 0 aliphatic rings. The van der Waals surface area contributed by atoms with Gasteiger partial charge in [0.05, 0.1) is 98.8 Å². The lowest BCUT2D eigenvalue weighted by atomic mass is 10.0. The van der Waals surface area contributed by atoms with Crippen LogP contribution in [0.4, 0.5) is 11.4 Å². The molecule has 6 amide bonds. The monoisotopic (exact) mass is 1550 g/mol. The quantitative estimate of drug-likeness (QED) is 0.0554. The minimum absolute atomic E-state index is 0.0259. The largest absolute Gasteiger partial charge is 0.394 e. The van der Waals surface area contributed by atoms with Crippen LogP contribution >= 0.6 is 136 Å². The number of rotatable bonds is 21. The molecule has 2 aromatic rings. The Bertz CT molecular complexity index is 1770. The Labute approximate surface area is 435 Å². The zero-order valence-corrected chi connectivity index (χ0v) is 45.1. The highest BCUT2D eigenvalue weighted by molar-refractivity contribution is 14.1. The molecular weight excluding hydrogens is 1510 g/mol. The van der Waals surface area contributed by atoms with Gasteiger partial charge in [0, 0.05) is 47.4 Å². The molecule has 28 heteroatoms. The molecule has 0 saturated carbocycles. The summed E-state index contributed by atoms with van der Waals surface area (Å²) in [6.07, 6.45) is -10.5. The number of hydrogen-bond donors (Lipinski definition) is 14. The standard InChI is InChI=1S/C34H42I6N6O16/c1-45(25-21(37)15(29(57)41-3-11(51)7-47)19(35)16(22(25)38)30(58)42-4-12(52)8-48)33(61)27(55)28(56)34(62)46(2)26-23(39)17(31(59)43-5-13(53)9-49)20(36)18(24(26)40)32(60)44-6-14(54)10-50/h11-14,27-28,47-56H,3-10H2,1-2H3,(H,41,57)(H,42,58)(H,43,59)(H,44,60). The molecule has 0 saturated heterocycles. The Morgan fingerprint density at radius 3 is 0.790 bits per heavy atom. The Hall–Kier alpha value is -0.760. The number of aliphatic hydroxyl groups excluding tert-OH is 10. The minimum Gasteiger partial charge on any atom is -0.394 e. The van der Waals surface area contributed by atoms with Gasteiger partial charge in [0.25, 0.3) is 35.4 Å². The van der Waals surface area contributed by atoms with Crippen LogP contribution in [0, 0.1) is 21.4 Å². The topological polar surface area (TPSA) is 359 Å². The number of anilines is 2. The van der Waals surface area contributed by atoms with E-state index in [0.717, 1.165) is 23.9 Å². The van der Waals surface area contributed by atoms with E-state index in [0.29, 0.717) is 0 Å². The van der Waals surface area contributed by atoms with Gasteiger partial charge < -0.3 is 82.1 Å². The first-order chi connectivity index (χ1) is 28.9. The van der Waals surface area contributed by atoms with Crippen molar-refractivity contribution in [1.29, 1.82) is 0 Å². The Morgan fingerprint density at radius 1 is 0.419 bits per heavy atom. The summed E-state index contributed by atoms with van der Waals surface area (Å²) >= 11 is 10.2. The molecule has 0 radical (unpaired) electrons. The van der Waals surface area contributed by atoms with Gasteiger partial charge in [-0.05, 0) is 136 Å². The highest BCUT2D eigenvalue weighted by Gasteiger charge is 2.40. The van der Waals surface area contributed by atoms with Gasteiger partial charge in [0.2, 0.25) is 0 Å². The number of halogens is 6. The van der Waals surface area contributed by atoms with Gasteiger partial charge in [-0.1, -0.05) is 0 Å². The van der Waals surface area contributed by atoms with Crippen LogP contribution in [0.3, 0.4) is 0 Å². The number of amides is 6. The van der Waals surface area contributed by atoms with Gasteiger partial charge in [-0.3, -0.25) is 28.8 Å². The zero-order valence-electron chi connectivity index (χ0n) is 32.2. The van der Waals surface area contributed by atoms with Crippen molar-refractivity contribution in [2.45, 2.75) is 36.6 Å². The first-order valence-electron chi connectivity index (χ1n) is 17.6. The summed E-state index contributed by atoms with van der Waals surface area (Å²) in [5, 5.41) is 109. The average Bonchev–Trinajstić information content (AvgIpc) is 3.23. The smallest absolute Gasteiger partial charge is 0.258 e. The maximum Gasteiger partial charge on any atom is 0.258 e. The van der Waals surface area contributed by atoms with Crippen LogP contribution in [-0.2, 0) is 9.59 Å². The third-order valence-electron chi connectivity index (χ3n) is 8.47. The fraction of sp³-hybridized carbons (Fsp3) is 0.471. The summed E-state index contributed by atoms with van der Waals surface area (Å²) < 4.78 is 0.191. The fourth-order valence-corrected chi connectivity index (χ4v) is 14.8. The number of nitrogens with zero attached hydrogens (tertiary/aromatic N) is 2. The van der Waals surface area contributed by atoms with Crippen molar-refractivity contribution >= 4 is 182 Å². The second-order valence-electron chi connectivity index (χ2n) is 13.0. The van der Waals surface area contributed by atoms with Gasteiger partial charge in [0.15, 0.2) is 12.2 Å². The summed E-state index contributed by atoms with van der Waals surface area (Å²) in [6, 6.07) is 0. The molecule has 0 fully saturated rings. The number of likely N-dealkylation sites (N-methyl/N-ethyl adjacent to an activating group) is 2. The Balaban J connectivity index is 2.72. The molecule has 0 heterocycles. The lowest BCUT2D eigenvalue weighted by molar-refractivity contribution is -0.142. The summed E-state index contributed by atoms with van der Waals surface area (Å²) in [7, 11) is 2.24. The van der Waals surface area contributed by atoms with Crippen molar-refractivity contribution in [1.82, 2.24) is 21.3 Å². The normalized spacial score (nSPS) is 14.2. The lowest BCUT2D eigenvalue weighted by Gasteiger charge is -2.30. The van der Waals surface area contributed by atoms with Crippen molar-refractivity contribution in [2.24, 2.45) is 0 Å². The molecule has 0 aliphatic heterocycles. The molecule has 2 aromatic carbocycles. The Morgan fingerprint density at radius 2 is 0.613 bits per heavy atom. The van der Waals surface area contributed by atoms with Crippen LogP contribution in [0.25, 0.3) is 0 Å². The van der Waals surface area contributed by atoms with E-state index in [4.69, 9.17) is 0 Å². The molecule has 346 valence electrons. The van der Waals surface area contributed by atoms with E-state index in [2.05, 4.69) is 21.3 Å². The van der Waals surface area contributed by atoms with E-state index in [1.807, 2.05) is 0 Å². The van der Waals surface area contributed by atoms with E-state index in [1.165, 1.54) is 0 Å². The van der Waals surface area contributed by atoms with E-state index < -0.39 is 125 Å². The third kappa shape index (κ3) is 14.1. The maximum atomic E-state index is 14.0. The third-order valence-corrected chi connectivity index (χ3v) is 14.8. The molecular formula is C34H42I6N6O16. The molecule has 2 rings (SSSR count). The lowest BCUT2D eigenvalue weighted by Crippen LogP contribution is -2.51. The van der Waals surface area contributed by atoms with Crippen LogP contribution in [-0.4, -0.2) is 190 Å². The van der Waals surface area contributed by atoms with E-state index in [1.54, 1.807) is 136 Å². The summed E-state index contributed by atoms with van der Waals surface area (Å²) in [5.41, 5.74) is -1.08. The summed E-state index contributed by atoms with van der Waals surface area (Å²) in [6.45, 7) is -4.45. The maximum absolute atomic E-state index is 14.0. The van der Waals surface area contributed by atoms with Crippen LogP contribution in [0.2, 0.25) is 0 Å². The predicted molar refractivity (Wildman–Crippen MR) is 270 cm³/mol. The average molecular weight is 1550 g/mol. The van der Waals surface area contributed by atoms with E-state index >= 15 is 0 Å². The van der Waals surface area contributed by atoms with Gasteiger partial charge in [0.1, 0.15) is 0 Å². The van der Waals surface area contributed by atoms with Crippen LogP contribution in [0.5, 0.6) is 0 Å². The first-order valence-corrected chi connectivity index (χ1v) is 24.0. The van der Waals surface area contributed by atoms with Crippen LogP contribution in [0.15, 0.2) is 0 Å². The number of benzene rings is 2. The second-order valence-corrected chi connectivity index (χ2v) is 19.4. The second kappa shape index (κ2) is 26.5. The molecule has 0 aromatic heterocycles. The van der Waals surface area contributed by atoms with E-state index in [-0.39, 0.29) is 55.0 Å². The van der Waals surface area contributed by atoms with Crippen molar-refractivity contribution < 1.29 is 79.8 Å². The zero-order chi connectivity index (χ0) is 47.5. The molecule has 14 N–H and O–H groups in total. The highest BCUT2D eigenvalue weighted by atomic mass is 127. The number of nitrogens with one attached hydrogen (secondary N) is 4. The van der Waals surface area contributed by atoms with Gasteiger partial charge in [-0.2, -0.15) is 0 Å². The number of hydrogen-bond acceptors (Lipinski definition) is 16. The van der Waals surface area contributed by atoms with Crippen molar-refractivity contribution in [3.05, 3.63) is 43.7 Å². The molecule has 6 atom stereocenters. The van der Waals surface area contributed by atoms with Crippen molar-refractivity contribution in [3.63, 3.8) is 0 Å². The SMILES string of the molecule is CN(C(=O)C(O)C(O)C(=O)N(C)c1c(I)c(C(=O)NCC(O)CO)c(I)c(C(=O)NCC(O)CO)c1I)c1c(I)c(C(=O)NCC(O)CO)c(I)c(C(=O)NCC(O)CO)c1I. The summed E-state index contributed by atoms with van der Waals surface area (Å²) in [5.74, 6) is -6.07. The fourth-order valence-electron chi connectivity index (χ4n) is 5.03. The predicted octanol–water partition coefficient (Wildman–Crippen LogP) is -3.01. The molecule has 0 spiro atoms. The minimum atomic E-state index is -2.54. The van der Waals surface area contributed by atoms with Crippen LogP contribution in [0.1, 0.15) is 41.4 Å². The van der Waals surface area contributed by atoms with Gasteiger partial charge >= 0.3 is 0 Å². The number of carbonyl (C=O) groups excluding carboxylic acids is 6. The number of aliphatic hydroxyl groups is 10. The molecule has 62 heavy (non-hydrogen) atoms. The van der Waals surface area contributed by atoms with Crippen LogP contribution < -0.4 is 31.1 Å². The molecule has 6 unspecified atom stereocenters. The van der Waals surface area contributed by atoms with Gasteiger partial charge in [-0.25, -0.2) is 0 Å². The highest BCUT2D eigenvalue weighted by Crippen LogP contribution is 2.40. The molecule has 0 aliphatic carbocycles. The molecule has 0 bridgehead atoms.